The fourth-order valence-electron chi connectivity index (χ4n) is 2.11. The molecule has 1 saturated carbocycles. The number of hydrogen-bond donors (Lipinski definition) is 1. The Morgan fingerprint density at radius 1 is 1.33 bits per heavy atom. The van der Waals surface area contributed by atoms with E-state index >= 15 is 0 Å². The first kappa shape index (κ1) is 10.6. The highest BCUT2D eigenvalue weighted by Crippen LogP contribution is 2.31. The second-order valence-corrected chi connectivity index (χ2v) is 4.58. The molecule has 0 bridgehead atoms. The molecule has 1 N–H and O–H groups in total. The van der Waals surface area contributed by atoms with Gasteiger partial charge >= 0.3 is 0 Å². The van der Waals surface area contributed by atoms with Crippen LogP contribution in [0.25, 0.3) is 0 Å². The van der Waals surface area contributed by atoms with Crippen molar-refractivity contribution in [3.63, 3.8) is 0 Å². The summed E-state index contributed by atoms with van der Waals surface area (Å²) >= 11 is 0. The normalized spacial score (nSPS) is 18.5. The first-order chi connectivity index (χ1) is 7.34. The third-order valence-electron chi connectivity index (χ3n) is 3.35. The van der Waals surface area contributed by atoms with Crippen LogP contribution in [-0.2, 0) is 6.42 Å². The Hall–Kier alpha value is -0.890. The van der Waals surface area contributed by atoms with Gasteiger partial charge in [-0.3, -0.25) is 4.98 Å². The molecular weight excluding hydrogens is 186 g/mol. The van der Waals surface area contributed by atoms with E-state index in [2.05, 4.69) is 4.98 Å². The summed E-state index contributed by atoms with van der Waals surface area (Å²) in [5.41, 5.74) is 1.28. The lowest BCUT2D eigenvalue weighted by atomic mass is 9.81. The molecule has 0 amide bonds. The van der Waals surface area contributed by atoms with Gasteiger partial charge in [0.2, 0.25) is 0 Å². The van der Waals surface area contributed by atoms with Crippen LogP contribution in [-0.4, -0.2) is 16.2 Å². The van der Waals surface area contributed by atoms with Gasteiger partial charge < -0.3 is 5.11 Å². The van der Waals surface area contributed by atoms with Gasteiger partial charge in [-0.2, -0.15) is 0 Å². The highest BCUT2D eigenvalue weighted by atomic mass is 16.3. The van der Waals surface area contributed by atoms with Crippen LogP contribution < -0.4 is 0 Å². The minimum Gasteiger partial charge on any atom is -0.393 e. The zero-order chi connectivity index (χ0) is 10.5. The summed E-state index contributed by atoms with van der Waals surface area (Å²) in [7, 11) is 0. The molecule has 15 heavy (non-hydrogen) atoms. The van der Waals surface area contributed by atoms with E-state index in [1.807, 2.05) is 24.5 Å². The minimum atomic E-state index is -0.108. The zero-order valence-corrected chi connectivity index (χ0v) is 9.10. The molecule has 1 aromatic rings. The molecule has 2 heteroatoms. The molecule has 0 saturated heterocycles. The number of aromatic nitrogens is 1. The second-order valence-electron chi connectivity index (χ2n) is 4.58. The lowest BCUT2D eigenvalue weighted by molar-refractivity contribution is 0.110. The lowest BCUT2D eigenvalue weighted by Gasteiger charge is -2.27. The summed E-state index contributed by atoms with van der Waals surface area (Å²) < 4.78 is 0. The largest absolute Gasteiger partial charge is 0.393 e. The molecule has 1 unspecified atom stereocenters. The summed E-state index contributed by atoms with van der Waals surface area (Å²) in [5, 5.41) is 9.83. The summed E-state index contributed by atoms with van der Waals surface area (Å²) in [4.78, 5) is 3.98. The summed E-state index contributed by atoms with van der Waals surface area (Å²) in [5.74, 6) is 0.803. The molecule has 0 aromatic carbocycles. The van der Waals surface area contributed by atoms with Gasteiger partial charge in [0.15, 0.2) is 0 Å². The molecular formula is C13H19NO. The lowest BCUT2D eigenvalue weighted by Crippen LogP contribution is -2.19. The number of aryl methyl sites for hydroxylation is 1. The van der Waals surface area contributed by atoms with E-state index in [0.29, 0.717) is 0 Å². The highest BCUT2D eigenvalue weighted by molar-refractivity contribution is 5.09. The summed E-state index contributed by atoms with van der Waals surface area (Å²) in [6.45, 7) is 0. The maximum Gasteiger partial charge on any atom is 0.0546 e. The zero-order valence-electron chi connectivity index (χ0n) is 9.10. The first-order valence-corrected chi connectivity index (χ1v) is 5.91. The van der Waals surface area contributed by atoms with Crippen LogP contribution in [0.15, 0.2) is 24.5 Å². The number of pyridine rings is 1. The van der Waals surface area contributed by atoms with E-state index < -0.39 is 0 Å². The van der Waals surface area contributed by atoms with Crippen molar-refractivity contribution < 1.29 is 5.11 Å². The van der Waals surface area contributed by atoms with E-state index in [0.717, 1.165) is 25.2 Å². The molecule has 0 radical (unpaired) electrons. The maximum absolute atomic E-state index is 9.83. The molecule has 2 rings (SSSR count). The fraction of sp³-hybridized carbons (Fsp3) is 0.615. The Balaban J connectivity index is 1.68. The average molecular weight is 205 g/mol. The Labute approximate surface area is 91.4 Å². The number of hydrogen-bond acceptors (Lipinski definition) is 2. The Morgan fingerprint density at radius 2 is 2.07 bits per heavy atom. The van der Waals surface area contributed by atoms with Gasteiger partial charge in [-0.05, 0) is 42.9 Å². The maximum atomic E-state index is 9.83. The monoisotopic (exact) mass is 205 g/mol. The molecule has 1 aliphatic rings. The van der Waals surface area contributed by atoms with E-state index in [-0.39, 0.29) is 6.10 Å². The van der Waals surface area contributed by atoms with Gasteiger partial charge in [-0.25, -0.2) is 0 Å². The SMILES string of the molecule is OC(CCc1ccncc1)CC1CCC1. The molecule has 82 valence electrons. The van der Waals surface area contributed by atoms with Crippen LogP contribution in [0.3, 0.4) is 0 Å². The predicted molar refractivity (Wildman–Crippen MR) is 60.5 cm³/mol. The quantitative estimate of drug-likeness (QED) is 0.801. The van der Waals surface area contributed by atoms with Crippen LogP contribution in [0.4, 0.5) is 0 Å². The van der Waals surface area contributed by atoms with Crippen LogP contribution in [0.5, 0.6) is 0 Å². The van der Waals surface area contributed by atoms with Crippen molar-refractivity contribution in [1.82, 2.24) is 4.98 Å². The average Bonchev–Trinajstić information content (AvgIpc) is 2.22. The summed E-state index contributed by atoms with van der Waals surface area (Å²) in [6.07, 6.45) is 10.4. The number of aliphatic hydroxyl groups excluding tert-OH is 1. The first-order valence-electron chi connectivity index (χ1n) is 5.91. The molecule has 0 aliphatic heterocycles. The van der Waals surface area contributed by atoms with E-state index in [1.165, 1.54) is 24.8 Å². The number of aliphatic hydroxyl groups is 1. The van der Waals surface area contributed by atoms with Crippen molar-refractivity contribution in [2.45, 2.75) is 44.6 Å². The third kappa shape index (κ3) is 3.31. The number of rotatable bonds is 5. The van der Waals surface area contributed by atoms with Gasteiger partial charge in [-0.15, -0.1) is 0 Å². The van der Waals surface area contributed by atoms with Crippen LogP contribution in [0.1, 0.15) is 37.7 Å². The minimum absolute atomic E-state index is 0.108. The second kappa shape index (κ2) is 5.26. The van der Waals surface area contributed by atoms with Crippen LogP contribution >= 0.6 is 0 Å². The smallest absolute Gasteiger partial charge is 0.0546 e. The third-order valence-corrected chi connectivity index (χ3v) is 3.35. The van der Waals surface area contributed by atoms with Gasteiger partial charge in [-0.1, -0.05) is 19.3 Å². The van der Waals surface area contributed by atoms with E-state index in [1.54, 1.807) is 0 Å². The molecule has 1 fully saturated rings. The van der Waals surface area contributed by atoms with Gasteiger partial charge in [0.05, 0.1) is 6.10 Å². The van der Waals surface area contributed by atoms with Crippen LogP contribution in [0.2, 0.25) is 0 Å². The molecule has 2 nitrogen and oxygen atoms in total. The predicted octanol–water partition coefficient (Wildman–Crippen LogP) is 2.57. The summed E-state index contributed by atoms with van der Waals surface area (Å²) in [6, 6.07) is 4.05. The van der Waals surface area contributed by atoms with Crippen molar-refractivity contribution in [1.29, 1.82) is 0 Å². The van der Waals surface area contributed by atoms with Crippen molar-refractivity contribution in [3.8, 4) is 0 Å². The van der Waals surface area contributed by atoms with Crippen molar-refractivity contribution >= 4 is 0 Å². The van der Waals surface area contributed by atoms with Crippen molar-refractivity contribution in [3.05, 3.63) is 30.1 Å². The topological polar surface area (TPSA) is 33.1 Å². The van der Waals surface area contributed by atoms with E-state index in [4.69, 9.17) is 0 Å². The Morgan fingerprint density at radius 3 is 2.67 bits per heavy atom. The highest BCUT2D eigenvalue weighted by Gasteiger charge is 2.20. The van der Waals surface area contributed by atoms with Crippen LogP contribution in [0, 0.1) is 5.92 Å². The molecule has 1 aromatic heterocycles. The number of nitrogens with zero attached hydrogens (tertiary/aromatic N) is 1. The Kier molecular flexibility index (Phi) is 3.73. The Bertz CT molecular complexity index is 282. The van der Waals surface area contributed by atoms with Crippen molar-refractivity contribution in [2.24, 2.45) is 5.92 Å². The van der Waals surface area contributed by atoms with E-state index in [9.17, 15) is 5.11 Å². The molecule has 0 spiro atoms. The fourth-order valence-corrected chi connectivity index (χ4v) is 2.11. The van der Waals surface area contributed by atoms with Gasteiger partial charge in [0, 0.05) is 12.4 Å². The molecule has 1 aliphatic carbocycles. The molecule has 1 heterocycles. The standard InChI is InChI=1S/C13H19NO/c15-13(10-12-2-1-3-12)5-4-11-6-8-14-9-7-11/h6-9,12-13,15H,1-5,10H2. The van der Waals surface area contributed by atoms with Crippen molar-refractivity contribution in [2.75, 3.05) is 0 Å². The molecule has 1 atom stereocenters. The van der Waals surface area contributed by atoms with Gasteiger partial charge in [0.25, 0.3) is 0 Å². The van der Waals surface area contributed by atoms with Gasteiger partial charge in [0.1, 0.15) is 0 Å².